The average molecular weight is 368 g/mol. The van der Waals surface area contributed by atoms with Crippen LogP contribution in [-0.4, -0.2) is 45.1 Å². The van der Waals surface area contributed by atoms with Gasteiger partial charge in [-0.15, -0.1) is 0 Å². The Balaban J connectivity index is 1.97. The maximum atomic E-state index is 11.6. The van der Waals surface area contributed by atoms with Gasteiger partial charge in [-0.25, -0.2) is 13.4 Å². The molecule has 0 spiro atoms. The lowest BCUT2D eigenvalue weighted by Crippen LogP contribution is -2.44. The van der Waals surface area contributed by atoms with Gasteiger partial charge in [0.25, 0.3) is 0 Å². The first-order valence-electron chi connectivity index (χ1n) is 8.85. The summed E-state index contributed by atoms with van der Waals surface area (Å²) in [7, 11) is -2.90. The highest BCUT2D eigenvalue weighted by Gasteiger charge is 2.28. The van der Waals surface area contributed by atoms with Crippen LogP contribution in [0.15, 0.2) is 29.3 Å². The minimum absolute atomic E-state index is 0.0662. The third kappa shape index (κ3) is 6.94. The van der Waals surface area contributed by atoms with E-state index < -0.39 is 9.84 Å². The summed E-state index contributed by atoms with van der Waals surface area (Å²) in [6.07, 6.45) is 0.630. The van der Waals surface area contributed by atoms with Gasteiger partial charge in [-0.2, -0.15) is 0 Å². The highest BCUT2D eigenvalue weighted by Crippen LogP contribution is 2.15. The van der Waals surface area contributed by atoms with E-state index in [1.54, 1.807) is 0 Å². The van der Waals surface area contributed by atoms with Gasteiger partial charge >= 0.3 is 0 Å². The quantitative estimate of drug-likeness (QED) is 0.569. The molecule has 1 fully saturated rings. The van der Waals surface area contributed by atoms with E-state index in [1.807, 2.05) is 31.2 Å². The first-order chi connectivity index (χ1) is 11.9. The number of benzene rings is 1. The Morgan fingerprint density at radius 1 is 1.40 bits per heavy atom. The Kier molecular flexibility index (Phi) is 7.11. The van der Waals surface area contributed by atoms with Gasteiger partial charge in [-0.05, 0) is 37.0 Å². The van der Waals surface area contributed by atoms with Crippen molar-refractivity contribution in [3.8, 4) is 5.75 Å². The van der Waals surface area contributed by atoms with Crippen molar-refractivity contribution < 1.29 is 13.2 Å². The van der Waals surface area contributed by atoms with Crippen molar-refractivity contribution in [1.29, 1.82) is 0 Å². The summed E-state index contributed by atoms with van der Waals surface area (Å²) in [5.74, 6) is 2.41. The van der Waals surface area contributed by atoms with Crippen molar-refractivity contribution in [3.63, 3.8) is 0 Å². The molecule has 0 radical (unpaired) electrons. The minimum atomic E-state index is -2.90. The molecule has 1 aromatic rings. The molecule has 2 rings (SSSR count). The largest absolute Gasteiger partial charge is 0.493 e. The van der Waals surface area contributed by atoms with E-state index in [-0.39, 0.29) is 17.5 Å². The Bertz CT molecular complexity index is 687. The van der Waals surface area contributed by atoms with Crippen molar-refractivity contribution in [3.05, 3.63) is 29.8 Å². The summed E-state index contributed by atoms with van der Waals surface area (Å²) < 4.78 is 28.9. The smallest absolute Gasteiger partial charge is 0.191 e. The second kappa shape index (κ2) is 9.08. The molecule has 1 aliphatic heterocycles. The molecular formula is C18H29N3O3S. The third-order valence-corrected chi connectivity index (χ3v) is 5.59. The molecule has 1 heterocycles. The number of nitrogens with zero attached hydrogens (tertiary/aromatic N) is 1. The van der Waals surface area contributed by atoms with Crippen LogP contribution in [0.25, 0.3) is 0 Å². The van der Waals surface area contributed by atoms with Crippen LogP contribution in [0.5, 0.6) is 5.75 Å². The molecule has 1 saturated heterocycles. The zero-order valence-corrected chi connectivity index (χ0v) is 16.1. The second-order valence-corrected chi connectivity index (χ2v) is 9.02. The summed E-state index contributed by atoms with van der Waals surface area (Å²) in [6.45, 7) is 8.14. The Morgan fingerprint density at radius 2 is 2.20 bits per heavy atom. The maximum Gasteiger partial charge on any atom is 0.191 e. The lowest BCUT2D eigenvalue weighted by atomic mass is 10.2. The van der Waals surface area contributed by atoms with Gasteiger partial charge in [0.2, 0.25) is 0 Å². The molecule has 6 nitrogen and oxygen atoms in total. The summed E-state index contributed by atoms with van der Waals surface area (Å²) in [6, 6.07) is 7.85. The fourth-order valence-corrected chi connectivity index (χ4v) is 4.26. The van der Waals surface area contributed by atoms with Crippen molar-refractivity contribution in [2.45, 2.75) is 39.8 Å². The standard InChI is InChI=1S/C18H29N3O3S/c1-4-19-18(21-16-8-9-25(22,23)13-16)20-11-15-6-5-7-17(10-15)24-12-14(2)3/h5-7,10,14,16H,4,8-9,11-13H2,1-3H3,(H2,19,20,21). The molecule has 0 aliphatic carbocycles. The van der Waals surface area contributed by atoms with E-state index in [2.05, 4.69) is 29.5 Å². The summed E-state index contributed by atoms with van der Waals surface area (Å²) in [5.41, 5.74) is 1.05. The highest BCUT2D eigenvalue weighted by molar-refractivity contribution is 7.91. The van der Waals surface area contributed by atoms with Crippen LogP contribution < -0.4 is 15.4 Å². The fraction of sp³-hybridized carbons (Fsp3) is 0.611. The van der Waals surface area contributed by atoms with Crippen LogP contribution in [0.4, 0.5) is 0 Å². The maximum absolute atomic E-state index is 11.6. The Labute approximate surface area is 151 Å². The van der Waals surface area contributed by atoms with E-state index in [1.165, 1.54) is 0 Å². The van der Waals surface area contributed by atoms with Crippen LogP contribution in [0.1, 0.15) is 32.8 Å². The van der Waals surface area contributed by atoms with E-state index in [4.69, 9.17) is 4.74 Å². The minimum Gasteiger partial charge on any atom is -0.493 e. The number of nitrogens with one attached hydrogen (secondary N) is 2. The first-order valence-corrected chi connectivity index (χ1v) is 10.7. The van der Waals surface area contributed by atoms with E-state index in [0.717, 1.165) is 17.9 Å². The van der Waals surface area contributed by atoms with Gasteiger partial charge in [0.05, 0.1) is 24.7 Å². The van der Waals surface area contributed by atoms with Gasteiger partial charge in [0.1, 0.15) is 5.75 Å². The normalized spacial score (nSPS) is 19.8. The number of sulfone groups is 1. The molecule has 1 atom stereocenters. The number of rotatable bonds is 7. The number of ether oxygens (including phenoxy) is 1. The predicted octanol–water partition coefficient (Wildman–Crippen LogP) is 1.96. The first kappa shape index (κ1) is 19.6. The van der Waals surface area contributed by atoms with E-state index in [0.29, 0.717) is 31.4 Å². The van der Waals surface area contributed by atoms with Crippen molar-refractivity contribution >= 4 is 15.8 Å². The van der Waals surface area contributed by atoms with Crippen molar-refractivity contribution in [2.24, 2.45) is 10.9 Å². The Hall–Kier alpha value is -1.76. The van der Waals surface area contributed by atoms with Crippen LogP contribution in [0.3, 0.4) is 0 Å². The number of aliphatic imine (C=N–C) groups is 1. The fourth-order valence-electron chi connectivity index (χ4n) is 2.59. The molecule has 0 bridgehead atoms. The average Bonchev–Trinajstić information content (AvgIpc) is 2.90. The van der Waals surface area contributed by atoms with Crippen molar-refractivity contribution in [1.82, 2.24) is 10.6 Å². The monoisotopic (exact) mass is 367 g/mol. The summed E-state index contributed by atoms with van der Waals surface area (Å²) in [4.78, 5) is 4.58. The van der Waals surface area contributed by atoms with Crippen LogP contribution in [0.2, 0.25) is 0 Å². The van der Waals surface area contributed by atoms with Crippen molar-refractivity contribution in [2.75, 3.05) is 24.7 Å². The van der Waals surface area contributed by atoms with Gasteiger partial charge in [0.15, 0.2) is 15.8 Å². The number of hydrogen-bond donors (Lipinski definition) is 2. The van der Waals surface area contributed by atoms with Gasteiger partial charge in [0, 0.05) is 12.6 Å². The molecule has 1 unspecified atom stereocenters. The predicted molar refractivity (Wildman–Crippen MR) is 102 cm³/mol. The zero-order chi connectivity index (χ0) is 18.3. The molecule has 25 heavy (non-hydrogen) atoms. The van der Waals surface area contributed by atoms with E-state index in [9.17, 15) is 8.42 Å². The van der Waals surface area contributed by atoms with E-state index >= 15 is 0 Å². The Morgan fingerprint density at radius 3 is 2.84 bits per heavy atom. The lowest BCUT2D eigenvalue weighted by molar-refractivity contribution is 0.271. The van der Waals surface area contributed by atoms with Gasteiger partial charge in [-0.1, -0.05) is 26.0 Å². The second-order valence-electron chi connectivity index (χ2n) is 6.79. The zero-order valence-electron chi connectivity index (χ0n) is 15.3. The molecule has 1 aromatic carbocycles. The molecule has 0 saturated carbocycles. The summed E-state index contributed by atoms with van der Waals surface area (Å²) in [5, 5.41) is 6.40. The molecule has 1 aliphatic rings. The summed E-state index contributed by atoms with van der Waals surface area (Å²) >= 11 is 0. The van der Waals surface area contributed by atoms with Crippen LogP contribution >= 0.6 is 0 Å². The topological polar surface area (TPSA) is 79.8 Å². The number of hydrogen-bond acceptors (Lipinski definition) is 4. The number of guanidine groups is 1. The lowest BCUT2D eigenvalue weighted by Gasteiger charge is -2.16. The molecule has 2 N–H and O–H groups in total. The van der Waals surface area contributed by atoms with Crippen LogP contribution in [-0.2, 0) is 16.4 Å². The van der Waals surface area contributed by atoms with Gasteiger partial charge < -0.3 is 15.4 Å². The molecule has 140 valence electrons. The SMILES string of the molecule is CCNC(=NCc1cccc(OCC(C)C)c1)NC1CCS(=O)(=O)C1. The molecule has 0 aromatic heterocycles. The van der Waals surface area contributed by atoms with Crippen LogP contribution in [0, 0.1) is 5.92 Å². The molecule has 0 amide bonds. The van der Waals surface area contributed by atoms with Gasteiger partial charge in [-0.3, -0.25) is 0 Å². The third-order valence-electron chi connectivity index (χ3n) is 3.82. The molecule has 7 heteroatoms. The highest BCUT2D eigenvalue weighted by atomic mass is 32.2. The molecular weight excluding hydrogens is 338 g/mol.